The van der Waals surface area contributed by atoms with Crippen molar-refractivity contribution in [1.29, 1.82) is 0 Å². The second kappa shape index (κ2) is 8.52. The van der Waals surface area contributed by atoms with Crippen LogP contribution in [0.4, 0.5) is 13.2 Å². The molecule has 0 unspecified atom stereocenters. The first-order chi connectivity index (χ1) is 13.4. The number of fused-ring (bicyclic) bond motifs is 1. The number of aliphatic carboxylic acids is 2. The molecule has 1 aromatic carbocycles. The van der Waals surface area contributed by atoms with Gasteiger partial charge >= 0.3 is 18.1 Å². The first-order valence-electron chi connectivity index (χ1n) is 8.56. The zero-order valence-corrected chi connectivity index (χ0v) is 15.7. The molecular weight excluding hydrogens is 391 g/mol. The highest BCUT2D eigenvalue weighted by molar-refractivity contribution is 5.93. The lowest BCUT2D eigenvalue weighted by molar-refractivity contribution is -0.136. The summed E-state index contributed by atoms with van der Waals surface area (Å²) >= 11 is 0. The van der Waals surface area contributed by atoms with Crippen LogP contribution in [0.25, 0.3) is 16.5 Å². The van der Waals surface area contributed by atoms with Gasteiger partial charge < -0.3 is 19.9 Å². The van der Waals surface area contributed by atoms with Gasteiger partial charge in [0, 0.05) is 41.6 Å². The van der Waals surface area contributed by atoms with Gasteiger partial charge in [0.15, 0.2) is 0 Å². The number of benzene rings is 1. The van der Waals surface area contributed by atoms with Crippen molar-refractivity contribution in [3.05, 3.63) is 53.8 Å². The smallest absolute Gasteiger partial charge is 0.417 e. The third-order valence-electron chi connectivity index (χ3n) is 4.33. The number of nitrogens with one attached hydrogen (secondary N) is 1. The van der Waals surface area contributed by atoms with Crippen LogP contribution < -0.4 is 5.32 Å². The summed E-state index contributed by atoms with van der Waals surface area (Å²) in [7, 11) is 0. The number of carboxylic acid groups (broad SMARTS) is 2. The third-order valence-corrected chi connectivity index (χ3v) is 4.33. The molecular formula is C20H20F3NO5. The van der Waals surface area contributed by atoms with Gasteiger partial charge in [0.1, 0.15) is 5.58 Å². The molecule has 1 aromatic heterocycles. The number of alkyl halides is 3. The van der Waals surface area contributed by atoms with Gasteiger partial charge in [0.05, 0.1) is 11.8 Å². The summed E-state index contributed by atoms with van der Waals surface area (Å²) in [6, 6.07) is 4.05. The van der Waals surface area contributed by atoms with Gasteiger partial charge in [-0.3, -0.25) is 0 Å². The number of hydrogen-bond donors (Lipinski definition) is 3. The van der Waals surface area contributed by atoms with Gasteiger partial charge in [-0.05, 0) is 17.7 Å². The fraction of sp³-hybridized carbons (Fsp3) is 0.300. The average molecular weight is 411 g/mol. The van der Waals surface area contributed by atoms with E-state index in [0.717, 1.165) is 23.7 Å². The molecule has 1 aliphatic heterocycles. The fourth-order valence-corrected chi connectivity index (χ4v) is 3.07. The highest BCUT2D eigenvalue weighted by Gasteiger charge is 2.35. The van der Waals surface area contributed by atoms with Crippen LogP contribution in [-0.2, 0) is 15.8 Å². The second-order valence-corrected chi connectivity index (χ2v) is 6.96. The van der Waals surface area contributed by atoms with Crippen LogP contribution in [0.2, 0.25) is 0 Å². The van der Waals surface area contributed by atoms with Crippen molar-refractivity contribution in [2.24, 2.45) is 5.41 Å². The highest BCUT2D eigenvalue weighted by atomic mass is 19.4. The van der Waals surface area contributed by atoms with E-state index in [1.807, 2.05) is 6.08 Å². The molecule has 0 saturated heterocycles. The van der Waals surface area contributed by atoms with E-state index in [1.165, 1.54) is 18.4 Å². The summed E-state index contributed by atoms with van der Waals surface area (Å²) in [6.07, 6.45) is 0.0788. The maximum absolute atomic E-state index is 13.1. The maximum Gasteiger partial charge on any atom is 0.417 e. The van der Waals surface area contributed by atoms with E-state index < -0.39 is 23.7 Å². The molecule has 29 heavy (non-hydrogen) atoms. The molecule has 0 spiro atoms. The topological polar surface area (TPSA) is 99.8 Å². The van der Waals surface area contributed by atoms with Gasteiger partial charge in [0.25, 0.3) is 0 Å². The predicted molar refractivity (Wildman–Crippen MR) is 100 cm³/mol. The van der Waals surface area contributed by atoms with Gasteiger partial charge in [-0.1, -0.05) is 26.0 Å². The molecule has 0 fully saturated rings. The van der Waals surface area contributed by atoms with Crippen LogP contribution in [0.1, 0.15) is 25.0 Å². The molecule has 9 heteroatoms. The van der Waals surface area contributed by atoms with E-state index in [9.17, 15) is 22.8 Å². The van der Waals surface area contributed by atoms with Crippen LogP contribution in [0.3, 0.4) is 0 Å². The first kappa shape index (κ1) is 22.2. The van der Waals surface area contributed by atoms with Gasteiger partial charge in [-0.15, -0.1) is 0 Å². The van der Waals surface area contributed by atoms with Gasteiger partial charge in [-0.25, -0.2) is 9.59 Å². The van der Waals surface area contributed by atoms with Gasteiger partial charge in [0.2, 0.25) is 0 Å². The number of halogens is 3. The molecule has 0 atom stereocenters. The van der Waals surface area contributed by atoms with Crippen LogP contribution >= 0.6 is 0 Å². The molecule has 0 bridgehead atoms. The van der Waals surface area contributed by atoms with Crippen molar-refractivity contribution in [2.45, 2.75) is 20.0 Å². The minimum atomic E-state index is -4.38. The molecule has 0 aliphatic carbocycles. The minimum absolute atomic E-state index is 0.121. The molecule has 0 saturated carbocycles. The molecule has 156 valence electrons. The largest absolute Gasteiger partial charge is 0.478 e. The Kier molecular flexibility index (Phi) is 6.53. The SMILES string of the molecule is CC1(C)CNCC=C1c1ccc(C(F)(F)F)c2ccoc12.O=C(O)C=CC(=O)O. The van der Waals surface area contributed by atoms with Crippen LogP contribution in [0, 0.1) is 5.41 Å². The Morgan fingerprint density at radius 2 is 1.76 bits per heavy atom. The maximum atomic E-state index is 13.1. The normalized spacial score (nSPS) is 16.2. The van der Waals surface area contributed by atoms with E-state index in [4.69, 9.17) is 14.6 Å². The fourth-order valence-electron chi connectivity index (χ4n) is 3.07. The molecule has 3 rings (SSSR count). The number of furan rings is 1. The number of carboxylic acids is 2. The Hall–Kier alpha value is -3.07. The number of rotatable bonds is 3. The van der Waals surface area contributed by atoms with E-state index in [1.54, 1.807) is 0 Å². The highest BCUT2D eigenvalue weighted by Crippen LogP contribution is 2.42. The Balaban J connectivity index is 0.000000321. The number of hydrogen-bond acceptors (Lipinski definition) is 4. The third kappa shape index (κ3) is 5.47. The average Bonchev–Trinajstić information content (AvgIpc) is 3.08. The van der Waals surface area contributed by atoms with Crippen molar-refractivity contribution in [2.75, 3.05) is 13.1 Å². The summed E-state index contributed by atoms with van der Waals surface area (Å²) in [5, 5.41) is 19.0. The zero-order chi connectivity index (χ0) is 21.8. The lowest BCUT2D eigenvalue weighted by Gasteiger charge is -2.32. The Labute approximate surface area is 164 Å². The molecule has 0 radical (unpaired) electrons. The monoisotopic (exact) mass is 411 g/mol. The molecule has 1 aliphatic rings. The van der Waals surface area contributed by atoms with Crippen molar-refractivity contribution in [1.82, 2.24) is 5.32 Å². The van der Waals surface area contributed by atoms with E-state index >= 15 is 0 Å². The van der Waals surface area contributed by atoms with E-state index in [-0.39, 0.29) is 10.8 Å². The summed E-state index contributed by atoms with van der Waals surface area (Å²) in [4.78, 5) is 19.1. The first-order valence-corrected chi connectivity index (χ1v) is 8.56. The standard InChI is InChI=1S/C16H16F3NO.C4H4O4/c1-15(2)9-20-7-5-12(15)10-3-4-13(16(17,18)19)11-6-8-21-14(10)11;5-3(6)1-2-4(7)8/h3-6,8,20H,7,9H2,1-2H3;1-2H,(H,5,6)(H,7,8). The summed E-state index contributed by atoms with van der Waals surface area (Å²) in [5.41, 5.74) is 1.27. The molecule has 0 amide bonds. The molecule has 2 aromatic rings. The van der Waals surface area contributed by atoms with Gasteiger partial charge in [-0.2, -0.15) is 13.2 Å². The van der Waals surface area contributed by atoms with Crippen molar-refractivity contribution in [3.8, 4) is 0 Å². The lowest BCUT2D eigenvalue weighted by atomic mass is 9.77. The van der Waals surface area contributed by atoms with Crippen molar-refractivity contribution in [3.63, 3.8) is 0 Å². The zero-order valence-electron chi connectivity index (χ0n) is 15.7. The Bertz CT molecular complexity index is 954. The summed E-state index contributed by atoms with van der Waals surface area (Å²) in [5.74, 6) is -2.51. The quantitative estimate of drug-likeness (QED) is 0.656. The number of carbonyl (C=O) groups is 2. The molecule has 2 heterocycles. The summed E-state index contributed by atoms with van der Waals surface area (Å²) < 4.78 is 44.5. The van der Waals surface area contributed by atoms with Crippen molar-refractivity contribution >= 4 is 28.5 Å². The Morgan fingerprint density at radius 1 is 1.14 bits per heavy atom. The van der Waals surface area contributed by atoms with Crippen LogP contribution in [0.15, 0.2) is 47.1 Å². The second-order valence-electron chi connectivity index (χ2n) is 6.96. The van der Waals surface area contributed by atoms with Crippen LogP contribution in [0.5, 0.6) is 0 Å². The Morgan fingerprint density at radius 3 is 2.28 bits per heavy atom. The van der Waals surface area contributed by atoms with E-state index in [0.29, 0.717) is 24.3 Å². The predicted octanol–water partition coefficient (Wildman–Crippen LogP) is 4.18. The lowest BCUT2D eigenvalue weighted by Crippen LogP contribution is -2.35. The molecule has 3 N–H and O–H groups in total. The molecule has 6 nitrogen and oxygen atoms in total. The van der Waals surface area contributed by atoms with E-state index in [2.05, 4.69) is 19.2 Å². The van der Waals surface area contributed by atoms with Crippen molar-refractivity contribution < 1.29 is 37.4 Å². The summed E-state index contributed by atoms with van der Waals surface area (Å²) in [6.45, 7) is 5.62. The minimum Gasteiger partial charge on any atom is -0.478 e. The van der Waals surface area contributed by atoms with Crippen LogP contribution in [-0.4, -0.2) is 35.2 Å².